The van der Waals surface area contributed by atoms with E-state index < -0.39 is 0 Å². The third-order valence-corrected chi connectivity index (χ3v) is 3.17. The first-order valence-corrected chi connectivity index (χ1v) is 7.19. The number of aliphatic hydroxyl groups excluding tert-OH is 1. The van der Waals surface area contributed by atoms with E-state index in [4.69, 9.17) is 5.11 Å². The highest BCUT2D eigenvalue weighted by Crippen LogP contribution is 2.24. The zero-order valence-electron chi connectivity index (χ0n) is 11.3. The Morgan fingerprint density at radius 1 is 1.26 bits per heavy atom. The largest absolute Gasteiger partial charge is 0.390 e. The monoisotopic (exact) mass is 283 g/mol. The summed E-state index contributed by atoms with van der Waals surface area (Å²) in [6.07, 6.45) is 0. The number of halogens is 1. The molecule has 0 aliphatic carbocycles. The van der Waals surface area contributed by atoms with Crippen molar-refractivity contribution >= 4 is 11.8 Å². The first-order valence-electron chi connectivity index (χ1n) is 6.20. The lowest BCUT2D eigenvalue weighted by Gasteiger charge is -2.05. The Kier molecular flexibility index (Phi) is 6.52. The van der Waals surface area contributed by atoms with Crippen molar-refractivity contribution in [1.29, 1.82) is 0 Å². The molecule has 0 spiro atoms. The molecule has 2 aromatic rings. The van der Waals surface area contributed by atoms with E-state index in [2.05, 4.69) is 10.3 Å². The molecule has 0 aliphatic rings. The van der Waals surface area contributed by atoms with Crippen LogP contribution in [0.1, 0.15) is 26.5 Å². The SMILES string of the molecule is CC.CCSc1c(CO)nnn1-c1ccc(F)cc1. The van der Waals surface area contributed by atoms with Crippen LogP contribution in [0.2, 0.25) is 0 Å². The lowest BCUT2D eigenvalue weighted by molar-refractivity contribution is 0.273. The number of hydrogen-bond donors (Lipinski definition) is 1. The summed E-state index contributed by atoms with van der Waals surface area (Å²) in [7, 11) is 0. The van der Waals surface area contributed by atoms with Gasteiger partial charge in [-0.1, -0.05) is 26.0 Å². The molecular weight excluding hydrogens is 265 g/mol. The van der Waals surface area contributed by atoms with Crippen LogP contribution in [0, 0.1) is 5.82 Å². The van der Waals surface area contributed by atoms with Gasteiger partial charge in [-0.05, 0) is 30.0 Å². The van der Waals surface area contributed by atoms with Gasteiger partial charge >= 0.3 is 0 Å². The minimum atomic E-state index is -0.291. The Bertz CT molecular complexity index is 499. The minimum Gasteiger partial charge on any atom is -0.390 e. The van der Waals surface area contributed by atoms with Crippen LogP contribution in [0.15, 0.2) is 29.3 Å². The third kappa shape index (κ3) is 3.78. The number of benzene rings is 1. The van der Waals surface area contributed by atoms with E-state index >= 15 is 0 Å². The van der Waals surface area contributed by atoms with E-state index in [1.807, 2.05) is 20.8 Å². The first-order chi connectivity index (χ1) is 9.26. The molecule has 1 aromatic heterocycles. The number of hydrogen-bond acceptors (Lipinski definition) is 4. The van der Waals surface area contributed by atoms with Crippen LogP contribution < -0.4 is 0 Å². The van der Waals surface area contributed by atoms with E-state index in [-0.39, 0.29) is 12.4 Å². The second kappa shape index (κ2) is 7.91. The van der Waals surface area contributed by atoms with Crippen molar-refractivity contribution in [2.24, 2.45) is 0 Å². The van der Waals surface area contributed by atoms with Crippen LogP contribution in [-0.4, -0.2) is 25.9 Å². The van der Waals surface area contributed by atoms with E-state index in [0.717, 1.165) is 16.5 Å². The predicted molar refractivity (Wildman–Crippen MR) is 75.0 cm³/mol. The summed E-state index contributed by atoms with van der Waals surface area (Å²) >= 11 is 1.54. The van der Waals surface area contributed by atoms with Crippen LogP contribution in [0.5, 0.6) is 0 Å². The molecule has 0 saturated carbocycles. The van der Waals surface area contributed by atoms with Gasteiger partial charge in [-0.2, -0.15) is 0 Å². The summed E-state index contributed by atoms with van der Waals surface area (Å²) < 4.78 is 14.4. The maximum absolute atomic E-state index is 12.8. The quantitative estimate of drug-likeness (QED) is 0.876. The van der Waals surface area contributed by atoms with Gasteiger partial charge in [0.2, 0.25) is 0 Å². The van der Waals surface area contributed by atoms with Gasteiger partial charge < -0.3 is 5.11 Å². The average Bonchev–Trinajstić information content (AvgIpc) is 2.85. The van der Waals surface area contributed by atoms with Crippen LogP contribution in [0.3, 0.4) is 0 Å². The van der Waals surface area contributed by atoms with Gasteiger partial charge in [-0.15, -0.1) is 16.9 Å². The Hall–Kier alpha value is -1.40. The lowest BCUT2D eigenvalue weighted by atomic mass is 10.3. The molecule has 1 heterocycles. The molecule has 0 aliphatic heterocycles. The van der Waals surface area contributed by atoms with E-state index in [1.54, 1.807) is 28.6 Å². The first kappa shape index (κ1) is 15.7. The summed E-state index contributed by atoms with van der Waals surface area (Å²) in [6.45, 7) is 5.86. The van der Waals surface area contributed by atoms with Gasteiger partial charge in [-0.3, -0.25) is 0 Å². The Morgan fingerprint density at radius 3 is 2.42 bits per heavy atom. The van der Waals surface area contributed by atoms with Crippen molar-refractivity contribution in [2.75, 3.05) is 5.75 Å². The van der Waals surface area contributed by atoms with Crippen molar-refractivity contribution < 1.29 is 9.50 Å². The number of aromatic nitrogens is 3. The molecule has 2 rings (SSSR count). The van der Waals surface area contributed by atoms with Crippen molar-refractivity contribution in [1.82, 2.24) is 15.0 Å². The Balaban J connectivity index is 0.000000861. The molecule has 0 fully saturated rings. The highest BCUT2D eigenvalue weighted by Gasteiger charge is 2.13. The molecule has 6 heteroatoms. The van der Waals surface area contributed by atoms with Crippen molar-refractivity contribution in [2.45, 2.75) is 32.4 Å². The molecule has 0 saturated heterocycles. The van der Waals surface area contributed by atoms with Gasteiger partial charge in [0.1, 0.15) is 16.5 Å². The molecule has 0 radical (unpaired) electrons. The van der Waals surface area contributed by atoms with E-state index in [0.29, 0.717) is 5.69 Å². The average molecular weight is 283 g/mol. The highest BCUT2D eigenvalue weighted by atomic mass is 32.2. The van der Waals surface area contributed by atoms with E-state index in [9.17, 15) is 4.39 Å². The highest BCUT2D eigenvalue weighted by molar-refractivity contribution is 7.99. The molecule has 1 aromatic carbocycles. The smallest absolute Gasteiger partial charge is 0.126 e. The maximum atomic E-state index is 12.8. The molecular formula is C13H18FN3OS. The molecule has 0 atom stereocenters. The summed E-state index contributed by atoms with van der Waals surface area (Å²) in [6, 6.07) is 6.00. The zero-order chi connectivity index (χ0) is 14.3. The fourth-order valence-corrected chi connectivity index (χ4v) is 2.25. The molecule has 4 nitrogen and oxygen atoms in total. The second-order valence-corrected chi connectivity index (χ2v) is 4.57. The van der Waals surface area contributed by atoms with Gasteiger partial charge in [0.05, 0.1) is 12.3 Å². The zero-order valence-corrected chi connectivity index (χ0v) is 12.1. The Labute approximate surface area is 116 Å². The summed E-state index contributed by atoms with van der Waals surface area (Å²) in [5.74, 6) is 0.558. The summed E-state index contributed by atoms with van der Waals surface area (Å²) in [5.41, 5.74) is 1.27. The topological polar surface area (TPSA) is 50.9 Å². The number of rotatable bonds is 4. The molecule has 0 amide bonds. The number of nitrogens with zero attached hydrogens (tertiary/aromatic N) is 3. The summed E-state index contributed by atoms with van der Waals surface area (Å²) in [5, 5.41) is 17.8. The number of aliphatic hydroxyl groups is 1. The summed E-state index contributed by atoms with van der Waals surface area (Å²) in [4.78, 5) is 0. The van der Waals surface area contributed by atoms with Crippen LogP contribution in [0.4, 0.5) is 4.39 Å². The molecule has 0 unspecified atom stereocenters. The third-order valence-electron chi connectivity index (χ3n) is 2.20. The molecule has 104 valence electrons. The van der Waals surface area contributed by atoms with Crippen LogP contribution in [-0.2, 0) is 6.61 Å². The van der Waals surface area contributed by atoms with E-state index in [1.165, 1.54) is 12.1 Å². The van der Waals surface area contributed by atoms with Crippen LogP contribution >= 0.6 is 11.8 Å². The predicted octanol–water partition coefficient (Wildman–Crippen LogP) is 3.04. The minimum absolute atomic E-state index is 0.149. The fourth-order valence-electron chi connectivity index (χ4n) is 1.44. The van der Waals surface area contributed by atoms with Crippen molar-refractivity contribution in [3.8, 4) is 5.69 Å². The molecule has 1 N–H and O–H groups in total. The number of thioether (sulfide) groups is 1. The van der Waals surface area contributed by atoms with Crippen molar-refractivity contribution in [3.05, 3.63) is 35.8 Å². The van der Waals surface area contributed by atoms with Crippen molar-refractivity contribution in [3.63, 3.8) is 0 Å². The normalized spacial score (nSPS) is 9.95. The van der Waals surface area contributed by atoms with Gasteiger partial charge in [0, 0.05) is 0 Å². The van der Waals surface area contributed by atoms with Gasteiger partial charge in [0.15, 0.2) is 0 Å². The Morgan fingerprint density at radius 2 is 1.89 bits per heavy atom. The maximum Gasteiger partial charge on any atom is 0.126 e. The standard InChI is InChI=1S/C11H12FN3OS.C2H6/c1-2-17-11-10(7-16)13-14-15(11)9-5-3-8(12)4-6-9;1-2/h3-6,16H,2,7H2,1H3;1-2H3. The molecule has 0 bridgehead atoms. The second-order valence-electron chi connectivity index (χ2n) is 3.32. The van der Waals surface area contributed by atoms with Crippen LogP contribution in [0.25, 0.3) is 5.69 Å². The van der Waals surface area contributed by atoms with Gasteiger partial charge in [-0.25, -0.2) is 9.07 Å². The van der Waals surface area contributed by atoms with Gasteiger partial charge in [0.25, 0.3) is 0 Å². The fraction of sp³-hybridized carbons (Fsp3) is 0.385. The molecule has 19 heavy (non-hydrogen) atoms. The lowest BCUT2D eigenvalue weighted by Crippen LogP contribution is -1.99.